The number of aromatic nitrogens is 1. The number of carbonyl (C=O) groups is 1. The number of hydrogen-bond donors (Lipinski definition) is 2. The lowest BCUT2D eigenvalue weighted by atomic mass is 10.2. The Morgan fingerprint density at radius 1 is 1.38 bits per heavy atom. The molecule has 6 nitrogen and oxygen atoms in total. The van der Waals surface area contributed by atoms with Crippen molar-refractivity contribution in [2.75, 3.05) is 0 Å². The molecule has 0 amide bonds. The van der Waals surface area contributed by atoms with E-state index in [0.29, 0.717) is 10.6 Å². The number of hydrogen-bond acceptors (Lipinski definition) is 3. The van der Waals surface area contributed by atoms with Crippen molar-refractivity contribution in [1.82, 2.24) is 9.29 Å². The van der Waals surface area contributed by atoms with Crippen LogP contribution >= 0.6 is 11.6 Å². The second-order valence-corrected chi connectivity index (χ2v) is 6.63. The number of sulfonamides is 1. The zero-order valence-electron chi connectivity index (χ0n) is 11.1. The molecule has 2 aromatic rings. The topological polar surface area (TPSA) is 88.4 Å². The number of nitrogens with zero attached hydrogens (tertiary/aromatic N) is 1. The van der Waals surface area contributed by atoms with Gasteiger partial charge < -0.3 is 9.67 Å². The van der Waals surface area contributed by atoms with Crippen LogP contribution in [0.15, 0.2) is 41.4 Å². The molecule has 21 heavy (non-hydrogen) atoms. The predicted molar refractivity (Wildman–Crippen MR) is 77.8 cm³/mol. The van der Waals surface area contributed by atoms with Crippen LogP contribution in [-0.2, 0) is 23.6 Å². The van der Waals surface area contributed by atoms with Gasteiger partial charge in [-0.3, -0.25) is 0 Å². The quantitative estimate of drug-likeness (QED) is 0.876. The third-order valence-corrected chi connectivity index (χ3v) is 4.47. The van der Waals surface area contributed by atoms with Crippen molar-refractivity contribution >= 4 is 27.6 Å². The Morgan fingerprint density at radius 3 is 2.67 bits per heavy atom. The molecule has 2 rings (SSSR count). The maximum Gasteiger partial charge on any atom is 0.352 e. The highest BCUT2D eigenvalue weighted by molar-refractivity contribution is 7.89. The van der Waals surface area contributed by atoms with Crippen LogP contribution in [0.2, 0.25) is 5.02 Å². The first-order valence-electron chi connectivity index (χ1n) is 5.93. The lowest BCUT2D eigenvalue weighted by Gasteiger charge is -2.05. The second-order valence-electron chi connectivity index (χ2n) is 4.43. The third kappa shape index (κ3) is 3.63. The number of carboxylic acid groups (broad SMARTS) is 1. The van der Waals surface area contributed by atoms with Crippen molar-refractivity contribution in [1.29, 1.82) is 0 Å². The second kappa shape index (κ2) is 5.88. The summed E-state index contributed by atoms with van der Waals surface area (Å²) in [7, 11) is -2.31. The molecule has 0 atom stereocenters. The molecule has 8 heteroatoms. The van der Waals surface area contributed by atoms with Crippen LogP contribution in [0.5, 0.6) is 0 Å². The minimum atomic E-state index is -3.78. The molecule has 0 aliphatic carbocycles. The maximum absolute atomic E-state index is 12.1. The number of halogens is 1. The van der Waals surface area contributed by atoms with Crippen molar-refractivity contribution in [2.45, 2.75) is 11.4 Å². The molecule has 0 spiro atoms. The molecule has 0 fully saturated rings. The first-order chi connectivity index (χ1) is 9.79. The van der Waals surface area contributed by atoms with Crippen LogP contribution < -0.4 is 4.72 Å². The van der Waals surface area contributed by atoms with E-state index in [1.165, 1.54) is 17.8 Å². The van der Waals surface area contributed by atoms with E-state index in [1.807, 2.05) is 0 Å². The van der Waals surface area contributed by atoms with Crippen molar-refractivity contribution in [3.63, 3.8) is 0 Å². The molecule has 0 saturated heterocycles. The first-order valence-corrected chi connectivity index (χ1v) is 7.79. The van der Waals surface area contributed by atoms with E-state index in [-0.39, 0.29) is 17.1 Å². The van der Waals surface area contributed by atoms with Gasteiger partial charge >= 0.3 is 5.97 Å². The highest BCUT2D eigenvalue weighted by Crippen LogP contribution is 2.15. The average molecular weight is 329 g/mol. The number of benzene rings is 1. The van der Waals surface area contributed by atoms with Crippen molar-refractivity contribution in [3.05, 3.63) is 52.8 Å². The summed E-state index contributed by atoms with van der Waals surface area (Å²) < 4.78 is 27.9. The molecule has 0 radical (unpaired) electrons. The van der Waals surface area contributed by atoms with Gasteiger partial charge in [0.2, 0.25) is 10.0 Å². The zero-order chi connectivity index (χ0) is 15.6. The molecule has 0 aliphatic rings. The summed E-state index contributed by atoms with van der Waals surface area (Å²) in [6.45, 7) is 0.0696. The first kappa shape index (κ1) is 15.6. The summed E-state index contributed by atoms with van der Waals surface area (Å²) in [5.74, 6) is -1.19. The summed E-state index contributed by atoms with van der Waals surface area (Å²) in [6.07, 6.45) is 1.25. The van der Waals surface area contributed by atoms with Gasteiger partial charge in [-0.25, -0.2) is 17.9 Å². The largest absolute Gasteiger partial charge is 0.477 e. The molecule has 112 valence electrons. The summed E-state index contributed by atoms with van der Waals surface area (Å²) in [5.41, 5.74) is 0.610. The van der Waals surface area contributed by atoms with E-state index >= 15 is 0 Å². The van der Waals surface area contributed by atoms with Gasteiger partial charge in [-0.1, -0.05) is 23.7 Å². The Balaban J connectivity index is 2.19. The van der Waals surface area contributed by atoms with E-state index in [4.69, 9.17) is 16.7 Å². The smallest absolute Gasteiger partial charge is 0.352 e. The fourth-order valence-electron chi connectivity index (χ4n) is 1.80. The number of aromatic carboxylic acids is 1. The number of nitrogens with one attached hydrogen (secondary N) is 1. The van der Waals surface area contributed by atoms with E-state index in [0.717, 1.165) is 6.07 Å². The Labute approximate surface area is 127 Å². The number of aryl methyl sites for hydroxylation is 1. The van der Waals surface area contributed by atoms with Crippen molar-refractivity contribution in [3.8, 4) is 0 Å². The Bertz CT molecular complexity index is 783. The Morgan fingerprint density at radius 2 is 2.10 bits per heavy atom. The molecule has 2 N–H and O–H groups in total. The third-order valence-electron chi connectivity index (χ3n) is 2.86. The summed E-state index contributed by atoms with van der Waals surface area (Å²) in [5, 5.41) is 9.45. The number of carboxylic acids is 1. The van der Waals surface area contributed by atoms with Gasteiger partial charge in [0.25, 0.3) is 0 Å². The van der Waals surface area contributed by atoms with Crippen LogP contribution in [0, 0.1) is 0 Å². The number of rotatable bonds is 5. The summed E-state index contributed by atoms with van der Waals surface area (Å²) in [4.78, 5) is 10.8. The molecule has 0 aliphatic heterocycles. The molecule has 0 saturated carbocycles. The highest BCUT2D eigenvalue weighted by atomic mass is 35.5. The molecule has 1 aromatic heterocycles. The average Bonchev–Trinajstić information content (AvgIpc) is 2.80. The lowest BCUT2D eigenvalue weighted by molar-refractivity contribution is 0.0686. The van der Waals surface area contributed by atoms with Crippen LogP contribution in [0.3, 0.4) is 0 Å². The molecule has 0 unspecified atom stereocenters. The highest BCUT2D eigenvalue weighted by Gasteiger charge is 2.19. The predicted octanol–water partition coefficient (Wildman–Crippen LogP) is 1.86. The van der Waals surface area contributed by atoms with Gasteiger partial charge in [0, 0.05) is 24.8 Å². The maximum atomic E-state index is 12.1. The van der Waals surface area contributed by atoms with Gasteiger partial charge in [0.15, 0.2) is 0 Å². The molecule has 1 heterocycles. The SMILES string of the molecule is Cn1cc(S(=O)(=O)NCc2cccc(Cl)c2)cc1C(=O)O. The zero-order valence-corrected chi connectivity index (χ0v) is 12.6. The summed E-state index contributed by atoms with van der Waals surface area (Å²) >= 11 is 5.82. The van der Waals surface area contributed by atoms with E-state index in [2.05, 4.69) is 4.72 Å². The lowest BCUT2D eigenvalue weighted by Crippen LogP contribution is -2.22. The van der Waals surface area contributed by atoms with Crippen LogP contribution in [0.25, 0.3) is 0 Å². The fourth-order valence-corrected chi connectivity index (χ4v) is 3.10. The van der Waals surface area contributed by atoms with Crippen LogP contribution in [0.4, 0.5) is 0 Å². The standard InChI is InChI=1S/C13H13ClN2O4S/c1-16-8-11(6-12(16)13(17)18)21(19,20)15-7-9-3-2-4-10(14)5-9/h2-6,8,15H,7H2,1H3,(H,17,18). The van der Waals surface area contributed by atoms with Crippen LogP contribution in [0.1, 0.15) is 16.1 Å². The Kier molecular flexibility index (Phi) is 4.36. The van der Waals surface area contributed by atoms with Gasteiger partial charge in [-0.05, 0) is 23.8 Å². The van der Waals surface area contributed by atoms with Crippen LogP contribution in [-0.4, -0.2) is 24.1 Å². The van der Waals surface area contributed by atoms with E-state index < -0.39 is 16.0 Å². The van der Waals surface area contributed by atoms with Gasteiger partial charge in [0.05, 0.1) is 0 Å². The minimum Gasteiger partial charge on any atom is -0.477 e. The Hall–Kier alpha value is -1.83. The van der Waals surface area contributed by atoms with Gasteiger partial charge in [0.1, 0.15) is 10.6 Å². The van der Waals surface area contributed by atoms with Crippen molar-refractivity contribution in [2.24, 2.45) is 7.05 Å². The van der Waals surface area contributed by atoms with E-state index in [9.17, 15) is 13.2 Å². The molecular weight excluding hydrogens is 316 g/mol. The van der Waals surface area contributed by atoms with Gasteiger partial charge in [-0.15, -0.1) is 0 Å². The molecule has 0 bridgehead atoms. The minimum absolute atomic E-state index is 0.0696. The van der Waals surface area contributed by atoms with E-state index in [1.54, 1.807) is 24.3 Å². The summed E-state index contributed by atoms with van der Waals surface area (Å²) in [6, 6.07) is 7.91. The van der Waals surface area contributed by atoms with Crippen molar-refractivity contribution < 1.29 is 18.3 Å². The fraction of sp³-hybridized carbons (Fsp3) is 0.154. The molecular formula is C13H13ClN2O4S. The molecule has 1 aromatic carbocycles. The van der Waals surface area contributed by atoms with Gasteiger partial charge in [-0.2, -0.15) is 0 Å². The monoisotopic (exact) mass is 328 g/mol. The normalized spacial score (nSPS) is 11.5.